The third-order valence-corrected chi connectivity index (χ3v) is 2.66. The molecule has 1 unspecified atom stereocenters. The molecule has 14 heavy (non-hydrogen) atoms. The predicted molar refractivity (Wildman–Crippen MR) is 52.8 cm³/mol. The van der Waals surface area contributed by atoms with Crippen molar-refractivity contribution in [3.05, 3.63) is 29.6 Å². The van der Waals surface area contributed by atoms with E-state index < -0.39 is 0 Å². The molecule has 1 saturated heterocycles. The predicted octanol–water partition coefficient (Wildman–Crippen LogP) is 1.83. The van der Waals surface area contributed by atoms with Crippen LogP contribution in [0.25, 0.3) is 0 Å². The highest BCUT2D eigenvalue weighted by atomic mass is 19.1. The van der Waals surface area contributed by atoms with E-state index in [0.29, 0.717) is 18.0 Å². The molecule has 2 rings (SSSR count). The van der Waals surface area contributed by atoms with E-state index in [4.69, 9.17) is 0 Å². The highest BCUT2D eigenvalue weighted by Crippen LogP contribution is 2.19. The molecule has 1 aliphatic heterocycles. The zero-order valence-corrected chi connectivity index (χ0v) is 7.96. The molecule has 0 aromatic heterocycles. The molecule has 2 N–H and O–H groups in total. The standard InChI is InChI=1S/C11H14FNO/c12-11-4-3-10(14)7-8(11)6-9-2-1-5-13-9/h3-4,7,9,13-14H,1-2,5-6H2. The van der Waals surface area contributed by atoms with Crippen LogP contribution in [0.5, 0.6) is 5.75 Å². The maximum absolute atomic E-state index is 13.3. The molecule has 0 saturated carbocycles. The Balaban J connectivity index is 2.10. The van der Waals surface area contributed by atoms with Crippen LogP contribution in [0.4, 0.5) is 4.39 Å². The van der Waals surface area contributed by atoms with E-state index in [0.717, 1.165) is 19.4 Å². The van der Waals surface area contributed by atoms with E-state index in [1.807, 2.05) is 0 Å². The Morgan fingerprint density at radius 1 is 1.50 bits per heavy atom. The van der Waals surface area contributed by atoms with Crippen LogP contribution in [-0.2, 0) is 6.42 Å². The van der Waals surface area contributed by atoms with Crippen molar-refractivity contribution in [3.8, 4) is 5.75 Å². The Labute approximate surface area is 82.8 Å². The summed E-state index contributed by atoms with van der Waals surface area (Å²) in [7, 11) is 0. The fraction of sp³-hybridized carbons (Fsp3) is 0.455. The highest BCUT2D eigenvalue weighted by molar-refractivity contribution is 5.29. The van der Waals surface area contributed by atoms with E-state index in [1.54, 1.807) is 0 Å². The van der Waals surface area contributed by atoms with Crippen molar-refractivity contribution in [1.82, 2.24) is 5.32 Å². The van der Waals surface area contributed by atoms with Crippen LogP contribution in [0.15, 0.2) is 18.2 Å². The lowest BCUT2D eigenvalue weighted by atomic mass is 10.0. The second kappa shape index (κ2) is 3.96. The molecule has 1 aliphatic rings. The van der Waals surface area contributed by atoms with E-state index in [2.05, 4.69) is 5.32 Å². The zero-order chi connectivity index (χ0) is 9.97. The van der Waals surface area contributed by atoms with E-state index in [1.165, 1.54) is 18.2 Å². The van der Waals surface area contributed by atoms with Crippen molar-refractivity contribution >= 4 is 0 Å². The molecule has 0 aliphatic carbocycles. The summed E-state index contributed by atoms with van der Waals surface area (Å²) < 4.78 is 13.3. The van der Waals surface area contributed by atoms with Crippen LogP contribution in [0, 0.1) is 5.82 Å². The van der Waals surface area contributed by atoms with Gasteiger partial charge in [-0.3, -0.25) is 0 Å². The van der Waals surface area contributed by atoms with Crippen molar-refractivity contribution in [2.24, 2.45) is 0 Å². The van der Waals surface area contributed by atoms with Gasteiger partial charge in [-0.1, -0.05) is 0 Å². The van der Waals surface area contributed by atoms with E-state index in [-0.39, 0.29) is 11.6 Å². The minimum atomic E-state index is -0.225. The topological polar surface area (TPSA) is 32.3 Å². The van der Waals surface area contributed by atoms with Crippen LogP contribution in [0.1, 0.15) is 18.4 Å². The Kier molecular flexibility index (Phi) is 2.68. The smallest absolute Gasteiger partial charge is 0.126 e. The zero-order valence-electron chi connectivity index (χ0n) is 7.96. The minimum absolute atomic E-state index is 0.138. The van der Waals surface area contributed by atoms with Crippen molar-refractivity contribution in [2.45, 2.75) is 25.3 Å². The maximum atomic E-state index is 13.3. The molecule has 1 aromatic carbocycles. The van der Waals surface area contributed by atoms with Crippen LogP contribution in [0.2, 0.25) is 0 Å². The summed E-state index contributed by atoms with van der Waals surface area (Å²) in [5.41, 5.74) is 0.601. The third kappa shape index (κ3) is 2.04. The Morgan fingerprint density at radius 2 is 2.36 bits per heavy atom. The Morgan fingerprint density at radius 3 is 3.07 bits per heavy atom. The van der Waals surface area contributed by atoms with Gasteiger partial charge in [0.05, 0.1) is 0 Å². The molecular formula is C11H14FNO. The third-order valence-electron chi connectivity index (χ3n) is 2.66. The second-order valence-electron chi connectivity index (χ2n) is 3.77. The maximum Gasteiger partial charge on any atom is 0.126 e. The van der Waals surface area contributed by atoms with Gasteiger partial charge in [-0.25, -0.2) is 4.39 Å². The van der Waals surface area contributed by atoms with Crippen LogP contribution in [0.3, 0.4) is 0 Å². The summed E-state index contributed by atoms with van der Waals surface area (Å²) in [6.45, 7) is 1.02. The summed E-state index contributed by atoms with van der Waals surface area (Å²) in [4.78, 5) is 0. The molecule has 1 atom stereocenters. The average Bonchev–Trinajstić information content (AvgIpc) is 2.64. The molecule has 1 heterocycles. The first-order valence-electron chi connectivity index (χ1n) is 4.96. The first-order chi connectivity index (χ1) is 6.75. The summed E-state index contributed by atoms with van der Waals surface area (Å²) in [5, 5.41) is 12.5. The quantitative estimate of drug-likeness (QED) is 0.754. The normalized spacial score (nSPS) is 21.4. The van der Waals surface area contributed by atoms with Gasteiger partial charge in [-0.05, 0) is 49.6 Å². The molecule has 0 bridgehead atoms. The molecule has 3 heteroatoms. The molecule has 1 fully saturated rings. The summed E-state index contributed by atoms with van der Waals surface area (Å²) >= 11 is 0. The average molecular weight is 195 g/mol. The lowest BCUT2D eigenvalue weighted by Crippen LogP contribution is -2.24. The van der Waals surface area contributed by atoms with Gasteiger partial charge in [-0.2, -0.15) is 0 Å². The summed E-state index contributed by atoms with van der Waals surface area (Å²) in [5.74, 6) is -0.0871. The number of phenolic OH excluding ortho intramolecular Hbond substituents is 1. The number of aromatic hydroxyl groups is 1. The molecule has 0 spiro atoms. The van der Waals surface area contributed by atoms with Gasteiger partial charge >= 0.3 is 0 Å². The second-order valence-corrected chi connectivity index (χ2v) is 3.77. The lowest BCUT2D eigenvalue weighted by Gasteiger charge is -2.10. The van der Waals surface area contributed by atoms with Crippen LogP contribution in [-0.4, -0.2) is 17.7 Å². The highest BCUT2D eigenvalue weighted by Gasteiger charge is 2.16. The van der Waals surface area contributed by atoms with Crippen LogP contribution < -0.4 is 5.32 Å². The number of nitrogens with one attached hydrogen (secondary N) is 1. The largest absolute Gasteiger partial charge is 0.508 e. The first-order valence-corrected chi connectivity index (χ1v) is 4.96. The van der Waals surface area contributed by atoms with Gasteiger partial charge in [-0.15, -0.1) is 0 Å². The van der Waals surface area contributed by atoms with Gasteiger partial charge < -0.3 is 10.4 Å². The van der Waals surface area contributed by atoms with Crippen molar-refractivity contribution in [3.63, 3.8) is 0 Å². The Bertz CT molecular complexity index is 321. The fourth-order valence-corrected chi connectivity index (χ4v) is 1.91. The molecule has 0 amide bonds. The fourth-order valence-electron chi connectivity index (χ4n) is 1.91. The number of hydrogen-bond donors (Lipinski definition) is 2. The Hall–Kier alpha value is -1.09. The van der Waals surface area contributed by atoms with Crippen molar-refractivity contribution < 1.29 is 9.50 Å². The monoisotopic (exact) mass is 195 g/mol. The van der Waals surface area contributed by atoms with Crippen molar-refractivity contribution in [2.75, 3.05) is 6.54 Å². The van der Waals surface area contributed by atoms with Gasteiger partial charge in [0.15, 0.2) is 0 Å². The molecule has 76 valence electrons. The lowest BCUT2D eigenvalue weighted by molar-refractivity contribution is 0.469. The van der Waals surface area contributed by atoms with E-state index in [9.17, 15) is 9.50 Å². The molecule has 2 nitrogen and oxygen atoms in total. The first kappa shape index (κ1) is 9.46. The van der Waals surface area contributed by atoms with Gasteiger partial charge in [0.25, 0.3) is 0 Å². The molecule has 0 radical (unpaired) electrons. The number of hydrogen-bond acceptors (Lipinski definition) is 2. The van der Waals surface area contributed by atoms with E-state index >= 15 is 0 Å². The summed E-state index contributed by atoms with van der Waals surface area (Å²) in [6.07, 6.45) is 2.92. The molecule has 1 aromatic rings. The van der Waals surface area contributed by atoms with Gasteiger partial charge in [0.1, 0.15) is 11.6 Å². The number of phenols is 1. The molecular weight excluding hydrogens is 181 g/mol. The van der Waals surface area contributed by atoms with Crippen LogP contribution >= 0.6 is 0 Å². The SMILES string of the molecule is Oc1ccc(F)c(CC2CCCN2)c1. The van der Waals surface area contributed by atoms with Gasteiger partial charge in [0.2, 0.25) is 0 Å². The minimum Gasteiger partial charge on any atom is -0.508 e. The number of rotatable bonds is 2. The number of halogens is 1. The van der Waals surface area contributed by atoms with Crippen molar-refractivity contribution in [1.29, 1.82) is 0 Å². The van der Waals surface area contributed by atoms with Gasteiger partial charge in [0, 0.05) is 6.04 Å². The summed E-state index contributed by atoms with van der Waals surface area (Å²) in [6, 6.07) is 4.57. The number of benzene rings is 1.